The molecule has 15 heavy (non-hydrogen) atoms. The quantitative estimate of drug-likeness (QED) is 0.586. The van der Waals surface area contributed by atoms with Gasteiger partial charge in [0.05, 0.1) is 6.26 Å². The van der Waals surface area contributed by atoms with E-state index < -0.39 is 0 Å². The van der Waals surface area contributed by atoms with Crippen LogP contribution in [0.1, 0.15) is 5.56 Å². The molecule has 0 aliphatic rings. The van der Waals surface area contributed by atoms with Gasteiger partial charge in [0, 0.05) is 6.08 Å². The number of rotatable bonds is 5. The largest absolute Gasteiger partial charge is 0.515 e. The van der Waals surface area contributed by atoms with Crippen LogP contribution in [0, 0.1) is 0 Å². The molecule has 0 fully saturated rings. The van der Waals surface area contributed by atoms with Crippen LogP contribution in [0.2, 0.25) is 0 Å². The van der Waals surface area contributed by atoms with Crippen molar-refractivity contribution in [2.24, 2.45) is 0 Å². The van der Waals surface area contributed by atoms with Crippen molar-refractivity contribution >= 4 is 0 Å². The lowest BCUT2D eigenvalue weighted by Gasteiger charge is -2.05. The van der Waals surface area contributed by atoms with Crippen LogP contribution in [-0.2, 0) is 11.3 Å². The van der Waals surface area contributed by atoms with Gasteiger partial charge in [-0.05, 0) is 11.6 Å². The molecule has 0 heterocycles. The summed E-state index contributed by atoms with van der Waals surface area (Å²) in [5, 5.41) is 8.62. The fraction of sp³-hybridized carbons (Fsp3) is 0.0769. The number of allylic oxidation sites excluding steroid dienone is 3. The molecule has 2 heteroatoms. The molecule has 0 atom stereocenters. The molecule has 1 aromatic carbocycles. The SMILES string of the molecule is C=C/C=C(\C=C\O)OCc1ccccc1. The highest BCUT2D eigenvalue weighted by atomic mass is 16.5. The third-order valence-electron chi connectivity index (χ3n) is 1.77. The van der Waals surface area contributed by atoms with Crippen molar-refractivity contribution in [1.29, 1.82) is 0 Å². The number of hydrogen-bond acceptors (Lipinski definition) is 2. The third kappa shape index (κ3) is 4.18. The third-order valence-corrected chi connectivity index (χ3v) is 1.77. The maximum Gasteiger partial charge on any atom is 0.122 e. The Bertz CT molecular complexity index is 350. The minimum atomic E-state index is 0.477. The topological polar surface area (TPSA) is 29.5 Å². The molecule has 78 valence electrons. The Labute approximate surface area is 89.8 Å². The van der Waals surface area contributed by atoms with Gasteiger partial charge in [0.15, 0.2) is 0 Å². The lowest BCUT2D eigenvalue weighted by molar-refractivity contribution is 0.210. The maximum atomic E-state index is 8.62. The number of aliphatic hydroxyl groups excluding tert-OH is 1. The monoisotopic (exact) mass is 202 g/mol. The van der Waals surface area contributed by atoms with Gasteiger partial charge >= 0.3 is 0 Å². The molecule has 0 aromatic heterocycles. The first-order valence-electron chi connectivity index (χ1n) is 4.67. The van der Waals surface area contributed by atoms with E-state index in [2.05, 4.69) is 6.58 Å². The van der Waals surface area contributed by atoms with Gasteiger partial charge in [-0.15, -0.1) is 0 Å². The number of ether oxygens (including phenoxy) is 1. The Morgan fingerprint density at radius 2 is 2.07 bits per heavy atom. The lowest BCUT2D eigenvalue weighted by atomic mass is 10.2. The van der Waals surface area contributed by atoms with Crippen molar-refractivity contribution in [2.75, 3.05) is 0 Å². The van der Waals surface area contributed by atoms with E-state index in [1.165, 1.54) is 6.08 Å². The van der Waals surface area contributed by atoms with E-state index in [4.69, 9.17) is 9.84 Å². The van der Waals surface area contributed by atoms with Crippen LogP contribution in [0.25, 0.3) is 0 Å². The first-order valence-corrected chi connectivity index (χ1v) is 4.67. The van der Waals surface area contributed by atoms with Crippen molar-refractivity contribution in [2.45, 2.75) is 6.61 Å². The summed E-state index contributed by atoms with van der Waals surface area (Å²) in [5.74, 6) is 0.580. The fourth-order valence-electron chi connectivity index (χ4n) is 1.08. The molecule has 0 unspecified atom stereocenters. The predicted octanol–water partition coefficient (Wildman–Crippen LogP) is 3.34. The van der Waals surface area contributed by atoms with Crippen LogP contribution < -0.4 is 0 Å². The minimum Gasteiger partial charge on any atom is -0.515 e. The Balaban J connectivity index is 2.55. The van der Waals surface area contributed by atoms with Gasteiger partial charge < -0.3 is 9.84 Å². The molecule has 0 spiro atoms. The number of aliphatic hydroxyl groups is 1. The van der Waals surface area contributed by atoms with E-state index in [0.717, 1.165) is 11.8 Å². The summed E-state index contributed by atoms with van der Waals surface area (Å²) in [6.45, 7) is 4.04. The molecule has 0 saturated heterocycles. The summed E-state index contributed by atoms with van der Waals surface area (Å²) >= 11 is 0. The second kappa shape index (κ2) is 6.49. The summed E-state index contributed by atoms with van der Waals surface area (Å²) in [5.41, 5.74) is 1.08. The summed E-state index contributed by atoms with van der Waals surface area (Å²) in [6.07, 6.45) is 5.72. The zero-order valence-corrected chi connectivity index (χ0v) is 8.47. The van der Waals surface area contributed by atoms with Crippen LogP contribution in [0.5, 0.6) is 0 Å². The zero-order chi connectivity index (χ0) is 10.9. The highest BCUT2D eigenvalue weighted by molar-refractivity contribution is 5.18. The van der Waals surface area contributed by atoms with Crippen molar-refractivity contribution in [3.05, 3.63) is 72.7 Å². The molecule has 0 bridgehead atoms. The van der Waals surface area contributed by atoms with E-state index in [1.54, 1.807) is 12.2 Å². The van der Waals surface area contributed by atoms with Crippen molar-refractivity contribution in [3.63, 3.8) is 0 Å². The molecule has 2 nitrogen and oxygen atoms in total. The van der Waals surface area contributed by atoms with E-state index in [9.17, 15) is 0 Å². The van der Waals surface area contributed by atoms with Gasteiger partial charge in [0.1, 0.15) is 12.4 Å². The molecular weight excluding hydrogens is 188 g/mol. The Morgan fingerprint density at radius 1 is 1.33 bits per heavy atom. The average Bonchev–Trinajstić information content (AvgIpc) is 2.28. The Kier molecular flexibility index (Phi) is 4.81. The standard InChI is InChI=1S/C13H14O2/c1-2-6-13(9-10-14)15-11-12-7-4-3-5-8-12/h2-10,14H,1,11H2/b10-9+,13-6+. The first kappa shape index (κ1) is 11.1. The Morgan fingerprint density at radius 3 is 2.67 bits per heavy atom. The molecule has 0 aliphatic carbocycles. The minimum absolute atomic E-state index is 0.477. The second-order valence-corrected chi connectivity index (χ2v) is 2.89. The van der Waals surface area contributed by atoms with Crippen LogP contribution in [0.15, 0.2) is 67.2 Å². The summed E-state index contributed by atoms with van der Waals surface area (Å²) in [4.78, 5) is 0. The maximum absolute atomic E-state index is 8.62. The van der Waals surface area contributed by atoms with Gasteiger partial charge in [0.25, 0.3) is 0 Å². The normalized spacial score (nSPS) is 11.6. The molecule has 0 aliphatic heterocycles. The molecule has 0 radical (unpaired) electrons. The molecular formula is C13H14O2. The van der Waals surface area contributed by atoms with E-state index in [1.807, 2.05) is 30.3 Å². The molecule has 0 saturated carbocycles. The second-order valence-electron chi connectivity index (χ2n) is 2.89. The van der Waals surface area contributed by atoms with Crippen molar-refractivity contribution in [1.82, 2.24) is 0 Å². The van der Waals surface area contributed by atoms with Crippen LogP contribution >= 0.6 is 0 Å². The van der Waals surface area contributed by atoms with Gasteiger partial charge in [0.2, 0.25) is 0 Å². The van der Waals surface area contributed by atoms with E-state index in [0.29, 0.717) is 12.4 Å². The highest BCUT2D eigenvalue weighted by Crippen LogP contribution is 2.06. The summed E-state index contributed by atoms with van der Waals surface area (Å²) in [6, 6.07) is 9.83. The van der Waals surface area contributed by atoms with Crippen LogP contribution in [0.3, 0.4) is 0 Å². The number of benzene rings is 1. The summed E-state index contributed by atoms with van der Waals surface area (Å²) in [7, 11) is 0. The van der Waals surface area contributed by atoms with Gasteiger partial charge in [-0.25, -0.2) is 0 Å². The van der Waals surface area contributed by atoms with Crippen LogP contribution in [-0.4, -0.2) is 5.11 Å². The fourth-order valence-corrected chi connectivity index (χ4v) is 1.08. The molecule has 1 N–H and O–H groups in total. The van der Waals surface area contributed by atoms with Crippen molar-refractivity contribution < 1.29 is 9.84 Å². The summed E-state index contributed by atoms with van der Waals surface area (Å²) < 4.78 is 5.45. The van der Waals surface area contributed by atoms with Gasteiger partial charge in [-0.1, -0.05) is 43.0 Å². The highest BCUT2D eigenvalue weighted by Gasteiger charge is 1.94. The first-order chi connectivity index (χ1) is 7.36. The predicted molar refractivity (Wildman–Crippen MR) is 61.3 cm³/mol. The lowest BCUT2D eigenvalue weighted by Crippen LogP contribution is -1.91. The zero-order valence-electron chi connectivity index (χ0n) is 8.47. The molecule has 1 rings (SSSR count). The molecule has 0 amide bonds. The number of hydrogen-bond donors (Lipinski definition) is 1. The smallest absolute Gasteiger partial charge is 0.122 e. The average molecular weight is 202 g/mol. The Hall–Kier alpha value is -1.96. The van der Waals surface area contributed by atoms with Gasteiger partial charge in [-0.2, -0.15) is 0 Å². The van der Waals surface area contributed by atoms with Gasteiger partial charge in [-0.3, -0.25) is 0 Å². The van der Waals surface area contributed by atoms with Crippen molar-refractivity contribution in [3.8, 4) is 0 Å². The molecule has 1 aromatic rings. The van der Waals surface area contributed by atoms with Crippen LogP contribution in [0.4, 0.5) is 0 Å². The van der Waals surface area contributed by atoms with E-state index >= 15 is 0 Å². The van der Waals surface area contributed by atoms with E-state index in [-0.39, 0.29) is 0 Å².